The summed E-state index contributed by atoms with van der Waals surface area (Å²) in [7, 11) is -4.71. The predicted molar refractivity (Wildman–Crippen MR) is 86.7 cm³/mol. The van der Waals surface area contributed by atoms with Crippen LogP contribution in [0.3, 0.4) is 0 Å². The summed E-state index contributed by atoms with van der Waals surface area (Å²) in [5.41, 5.74) is 0. The zero-order valence-corrected chi connectivity index (χ0v) is 18.2. The van der Waals surface area contributed by atoms with Crippen molar-refractivity contribution in [3.05, 3.63) is 0 Å². The topological polar surface area (TPSA) is 107 Å². The molecule has 0 aliphatic carbocycles. The average Bonchev–Trinajstić information content (AvgIpc) is 2.44. The summed E-state index contributed by atoms with van der Waals surface area (Å²) in [5.74, 6) is -1.96. The molecule has 0 heterocycles. The van der Waals surface area contributed by atoms with Crippen molar-refractivity contribution in [2.45, 2.75) is 64.0 Å². The summed E-state index contributed by atoms with van der Waals surface area (Å²) >= 11 is 0. The zero-order chi connectivity index (χ0) is 17.0. The molecule has 0 bridgehead atoms. The molecule has 131 valence electrons. The maximum absolute atomic E-state index is 11.7. The first-order valence-electron chi connectivity index (χ1n) is 7.61. The molecule has 0 aliphatic heterocycles. The average molecular weight is 378 g/mol. The molecule has 0 aromatic rings. The van der Waals surface area contributed by atoms with E-state index in [1.54, 1.807) is 0 Å². The van der Waals surface area contributed by atoms with Crippen molar-refractivity contribution < 1.29 is 32.0 Å². The van der Waals surface area contributed by atoms with Gasteiger partial charge in [0.1, 0.15) is 0 Å². The summed E-state index contributed by atoms with van der Waals surface area (Å²) in [4.78, 5) is 23.2. The van der Waals surface area contributed by atoms with Gasteiger partial charge < -0.3 is 9.47 Å². The van der Waals surface area contributed by atoms with E-state index in [2.05, 4.69) is 0 Å². The standard InChI is InChI=1S/C14H26O7S.K/c1-3-5-7-9-20-13(15)11-12(22(17,18)19)14(16)21-10-8-6-4-2;/h12H,3-11H2,1-2H3,(H,17,18,19);. The third kappa shape index (κ3) is 13.5. The second-order valence-corrected chi connectivity index (χ2v) is 6.61. The Morgan fingerprint density at radius 1 is 0.957 bits per heavy atom. The molecule has 0 aromatic heterocycles. The van der Waals surface area contributed by atoms with Gasteiger partial charge in [-0.15, -0.1) is 0 Å². The number of carbonyl (C=O) groups is 2. The molecule has 7 nitrogen and oxygen atoms in total. The normalized spacial score (nSPS) is 12.1. The van der Waals surface area contributed by atoms with Crippen LogP contribution in [0.25, 0.3) is 0 Å². The summed E-state index contributed by atoms with van der Waals surface area (Å²) in [6.45, 7) is 4.18. The molecule has 1 unspecified atom stereocenters. The molecule has 0 aliphatic rings. The molecule has 23 heavy (non-hydrogen) atoms. The van der Waals surface area contributed by atoms with Crippen LogP contribution in [0, 0.1) is 0 Å². The van der Waals surface area contributed by atoms with Crippen molar-refractivity contribution in [1.29, 1.82) is 0 Å². The number of ether oxygens (including phenoxy) is 2. The molecule has 1 radical (unpaired) electrons. The molecule has 0 amide bonds. The maximum Gasteiger partial charge on any atom is 0.327 e. The number of hydrogen-bond donors (Lipinski definition) is 1. The van der Waals surface area contributed by atoms with Crippen LogP contribution in [0.2, 0.25) is 0 Å². The van der Waals surface area contributed by atoms with Crippen LogP contribution in [0.15, 0.2) is 0 Å². The molecule has 0 spiro atoms. The van der Waals surface area contributed by atoms with Gasteiger partial charge in [-0.3, -0.25) is 14.1 Å². The monoisotopic (exact) mass is 377 g/mol. The Labute approximate surface area is 181 Å². The number of unbranched alkanes of at least 4 members (excludes halogenated alkanes) is 4. The second-order valence-electron chi connectivity index (χ2n) is 5.01. The van der Waals surface area contributed by atoms with E-state index in [0.717, 1.165) is 25.7 Å². The van der Waals surface area contributed by atoms with Crippen LogP contribution in [0.4, 0.5) is 0 Å². The third-order valence-electron chi connectivity index (χ3n) is 2.98. The van der Waals surface area contributed by atoms with Gasteiger partial charge in [-0.1, -0.05) is 39.5 Å². The van der Waals surface area contributed by atoms with Gasteiger partial charge in [-0.2, -0.15) is 8.42 Å². The Bertz CT molecular complexity index is 436. The Hall–Kier alpha value is 0.486. The van der Waals surface area contributed by atoms with Gasteiger partial charge in [0.25, 0.3) is 10.1 Å². The van der Waals surface area contributed by atoms with Crippen molar-refractivity contribution in [1.82, 2.24) is 0 Å². The number of esters is 2. The molecule has 0 saturated carbocycles. The fraction of sp³-hybridized carbons (Fsp3) is 0.857. The van der Waals surface area contributed by atoms with E-state index in [-0.39, 0.29) is 64.6 Å². The van der Waals surface area contributed by atoms with Crippen molar-refractivity contribution in [3.63, 3.8) is 0 Å². The van der Waals surface area contributed by atoms with Crippen LogP contribution in [0.5, 0.6) is 0 Å². The second kappa shape index (κ2) is 14.8. The molecular formula is C14H26KO7S. The van der Waals surface area contributed by atoms with Crippen molar-refractivity contribution in [2.24, 2.45) is 0 Å². The zero-order valence-electron chi connectivity index (χ0n) is 14.2. The van der Waals surface area contributed by atoms with Crippen molar-refractivity contribution in [3.8, 4) is 0 Å². The molecule has 0 saturated heterocycles. The molecular weight excluding hydrogens is 351 g/mol. The van der Waals surface area contributed by atoms with Gasteiger partial charge in [0.2, 0.25) is 0 Å². The molecule has 0 rings (SSSR count). The van der Waals surface area contributed by atoms with E-state index < -0.39 is 33.7 Å². The van der Waals surface area contributed by atoms with Crippen molar-refractivity contribution >= 4 is 73.4 Å². The predicted octanol–water partition coefficient (Wildman–Crippen LogP) is 1.72. The molecule has 1 N–H and O–H groups in total. The third-order valence-corrected chi connectivity index (χ3v) is 4.06. The maximum atomic E-state index is 11.7. The first kappa shape index (κ1) is 25.7. The van der Waals surface area contributed by atoms with Gasteiger partial charge in [0.15, 0.2) is 5.25 Å². The van der Waals surface area contributed by atoms with E-state index in [1.165, 1.54) is 0 Å². The Morgan fingerprint density at radius 2 is 1.43 bits per heavy atom. The summed E-state index contributed by atoms with van der Waals surface area (Å²) in [6.07, 6.45) is 4.12. The largest absolute Gasteiger partial charge is 0.466 e. The number of rotatable bonds is 12. The molecule has 0 aromatic carbocycles. The smallest absolute Gasteiger partial charge is 0.327 e. The van der Waals surface area contributed by atoms with Crippen LogP contribution >= 0.6 is 0 Å². The molecule has 0 fully saturated rings. The molecule has 9 heteroatoms. The van der Waals surface area contributed by atoms with Crippen molar-refractivity contribution in [2.75, 3.05) is 13.2 Å². The summed E-state index contributed by atoms with van der Waals surface area (Å²) in [5, 5.41) is -1.92. The Morgan fingerprint density at radius 3 is 1.87 bits per heavy atom. The minimum Gasteiger partial charge on any atom is -0.466 e. The Kier molecular flexibility index (Phi) is 16.6. The number of hydrogen-bond acceptors (Lipinski definition) is 6. The van der Waals surface area contributed by atoms with Crippen LogP contribution in [-0.4, -0.2) is 94.8 Å². The van der Waals surface area contributed by atoms with Crippen LogP contribution < -0.4 is 0 Å². The van der Waals surface area contributed by atoms with Gasteiger partial charge >= 0.3 is 11.9 Å². The van der Waals surface area contributed by atoms with Gasteiger partial charge in [-0.05, 0) is 12.8 Å². The fourth-order valence-corrected chi connectivity index (χ4v) is 2.33. The van der Waals surface area contributed by atoms with E-state index in [9.17, 15) is 18.0 Å². The first-order chi connectivity index (χ1) is 10.3. The minimum atomic E-state index is -4.71. The van der Waals surface area contributed by atoms with E-state index >= 15 is 0 Å². The van der Waals surface area contributed by atoms with E-state index in [1.807, 2.05) is 13.8 Å². The van der Waals surface area contributed by atoms with E-state index in [4.69, 9.17) is 14.0 Å². The molecule has 1 atom stereocenters. The number of carbonyl (C=O) groups excluding carboxylic acids is 2. The Balaban J connectivity index is 0. The summed E-state index contributed by atoms with van der Waals surface area (Å²) < 4.78 is 41.1. The summed E-state index contributed by atoms with van der Waals surface area (Å²) in [6, 6.07) is 0. The van der Waals surface area contributed by atoms with Crippen LogP contribution in [0.1, 0.15) is 58.8 Å². The fourth-order valence-electron chi connectivity index (χ4n) is 1.68. The SMILES string of the molecule is CCCCCOC(=O)CC(C(=O)OCCCCC)S(=O)(=O)O.[K]. The van der Waals surface area contributed by atoms with Gasteiger partial charge in [-0.25, -0.2) is 0 Å². The van der Waals surface area contributed by atoms with Gasteiger partial charge in [0, 0.05) is 51.4 Å². The van der Waals surface area contributed by atoms with Gasteiger partial charge in [0.05, 0.1) is 19.6 Å². The van der Waals surface area contributed by atoms with Crippen LogP contribution in [-0.2, 0) is 29.2 Å². The quantitative estimate of drug-likeness (QED) is 0.239. The minimum absolute atomic E-state index is 0. The van der Waals surface area contributed by atoms with E-state index in [0.29, 0.717) is 12.8 Å². The first-order valence-corrected chi connectivity index (χ1v) is 9.11.